The fourth-order valence-corrected chi connectivity index (χ4v) is 4.14. The first kappa shape index (κ1) is 21.2. The van der Waals surface area contributed by atoms with Gasteiger partial charge in [0.05, 0.1) is 20.3 Å². The number of hydrogen-bond acceptors (Lipinski definition) is 5. The van der Waals surface area contributed by atoms with Crippen LogP contribution in [-0.2, 0) is 6.61 Å². The molecule has 0 radical (unpaired) electrons. The summed E-state index contributed by atoms with van der Waals surface area (Å²) in [5.41, 5.74) is 3.48. The molecule has 3 aromatic carbocycles. The van der Waals surface area contributed by atoms with Crippen LogP contribution in [0.15, 0.2) is 72.8 Å². The third-order valence-electron chi connectivity index (χ3n) is 5.69. The van der Waals surface area contributed by atoms with Gasteiger partial charge in [0.2, 0.25) is 0 Å². The average molecular weight is 419 g/mol. The van der Waals surface area contributed by atoms with E-state index in [1.807, 2.05) is 30.3 Å². The van der Waals surface area contributed by atoms with Gasteiger partial charge in [-0.15, -0.1) is 0 Å². The minimum absolute atomic E-state index is 0.0790. The van der Waals surface area contributed by atoms with E-state index in [1.54, 1.807) is 14.2 Å². The van der Waals surface area contributed by atoms with Crippen LogP contribution in [0.5, 0.6) is 17.2 Å². The number of nitrogens with one attached hydrogen (secondary N) is 1. The summed E-state index contributed by atoms with van der Waals surface area (Å²) in [6.07, 6.45) is 0. The van der Waals surface area contributed by atoms with Crippen molar-refractivity contribution >= 4 is 0 Å². The van der Waals surface area contributed by atoms with Gasteiger partial charge in [-0.05, 0) is 29.3 Å². The molecule has 162 valence electrons. The molecule has 0 spiro atoms. The van der Waals surface area contributed by atoms with Gasteiger partial charge in [-0.3, -0.25) is 4.90 Å². The van der Waals surface area contributed by atoms with Crippen LogP contribution in [0.2, 0.25) is 0 Å². The van der Waals surface area contributed by atoms with Gasteiger partial charge in [-0.25, -0.2) is 0 Å². The predicted molar refractivity (Wildman–Crippen MR) is 123 cm³/mol. The highest BCUT2D eigenvalue weighted by molar-refractivity contribution is 5.51. The van der Waals surface area contributed by atoms with Crippen LogP contribution in [0.4, 0.5) is 0 Å². The number of ether oxygens (including phenoxy) is 3. The van der Waals surface area contributed by atoms with Crippen molar-refractivity contribution in [3.63, 3.8) is 0 Å². The van der Waals surface area contributed by atoms with E-state index in [2.05, 4.69) is 52.7 Å². The fraction of sp³-hybridized carbons (Fsp3) is 0.308. The molecule has 3 aromatic rings. The zero-order chi connectivity index (χ0) is 21.5. The monoisotopic (exact) mass is 418 g/mol. The molecule has 31 heavy (non-hydrogen) atoms. The number of hydrogen-bond donors (Lipinski definition) is 1. The van der Waals surface area contributed by atoms with Gasteiger partial charge in [0.1, 0.15) is 12.4 Å². The molecule has 1 fully saturated rings. The second kappa shape index (κ2) is 10.3. The standard InChI is InChI=1S/C26H30N2O3/c1-29-24-10-6-9-23(26(24)30-2)25(28-17-15-27-16-18-28)21-11-13-22(14-12-21)31-19-20-7-4-3-5-8-20/h3-14,25,27H,15-19H2,1-2H3. The molecular weight excluding hydrogens is 388 g/mol. The number of rotatable bonds is 8. The highest BCUT2D eigenvalue weighted by Crippen LogP contribution is 2.40. The summed E-state index contributed by atoms with van der Waals surface area (Å²) in [6.45, 7) is 4.45. The Morgan fingerprint density at radius 3 is 2.26 bits per heavy atom. The molecule has 1 saturated heterocycles. The molecule has 0 bridgehead atoms. The average Bonchev–Trinajstić information content (AvgIpc) is 2.85. The van der Waals surface area contributed by atoms with Crippen LogP contribution < -0.4 is 19.5 Å². The summed E-state index contributed by atoms with van der Waals surface area (Å²) >= 11 is 0. The lowest BCUT2D eigenvalue weighted by atomic mass is 9.95. The number of para-hydroxylation sites is 1. The molecule has 0 aliphatic carbocycles. The van der Waals surface area contributed by atoms with Crippen LogP contribution in [0.25, 0.3) is 0 Å². The van der Waals surface area contributed by atoms with E-state index < -0.39 is 0 Å². The zero-order valence-electron chi connectivity index (χ0n) is 18.2. The Balaban J connectivity index is 1.61. The van der Waals surface area contributed by atoms with E-state index in [4.69, 9.17) is 14.2 Å². The topological polar surface area (TPSA) is 43.0 Å². The predicted octanol–water partition coefficient (Wildman–Crippen LogP) is 4.28. The Labute approximate surface area is 184 Å². The first-order valence-corrected chi connectivity index (χ1v) is 10.7. The summed E-state index contributed by atoms with van der Waals surface area (Å²) < 4.78 is 17.3. The third-order valence-corrected chi connectivity index (χ3v) is 5.69. The molecule has 1 atom stereocenters. The smallest absolute Gasteiger partial charge is 0.165 e. The molecule has 1 N–H and O–H groups in total. The van der Waals surface area contributed by atoms with Gasteiger partial charge >= 0.3 is 0 Å². The van der Waals surface area contributed by atoms with Crippen LogP contribution in [0, 0.1) is 0 Å². The van der Waals surface area contributed by atoms with Gasteiger partial charge in [-0.2, -0.15) is 0 Å². The molecule has 1 aliphatic rings. The van der Waals surface area contributed by atoms with Crippen LogP contribution in [-0.4, -0.2) is 45.3 Å². The lowest BCUT2D eigenvalue weighted by molar-refractivity contribution is 0.194. The largest absolute Gasteiger partial charge is 0.493 e. The summed E-state index contributed by atoms with van der Waals surface area (Å²) in [5.74, 6) is 2.41. The quantitative estimate of drug-likeness (QED) is 0.592. The molecule has 1 unspecified atom stereocenters. The number of benzene rings is 3. The van der Waals surface area contributed by atoms with E-state index in [-0.39, 0.29) is 6.04 Å². The number of methoxy groups -OCH3 is 2. The molecule has 5 heteroatoms. The fourth-order valence-electron chi connectivity index (χ4n) is 4.14. The van der Waals surface area contributed by atoms with Crippen LogP contribution in [0.1, 0.15) is 22.7 Å². The van der Waals surface area contributed by atoms with E-state index in [0.717, 1.165) is 54.6 Å². The lowest BCUT2D eigenvalue weighted by Crippen LogP contribution is -2.45. The van der Waals surface area contributed by atoms with Crippen molar-refractivity contribution in [2.45, 2.75) is 12.6 Å². The number of piperazine rings is 1. The van der Waals surface area contributed by atoms with E-state index in [1.165, 1.54) is 5.56 Å². The molecular formula is C26H30N2O3. The van der Waals surface area contributed by atoms with E-state index in [9.17, 15) is 0 Å². The first-order chi connectivity index (χ1) is 15.3. The SMILES string of the molecule is COc1cccc(C(c2ccc(OCc3ccccc3)cc2)N2CCNCC2)c1OC. The van der Waals surface area contributed by atoms with Crippen molar-refractivity contribution in [3.8, 4) is 17.2 Å². The molecule has 0 amide bonds. The van der Waals surface area contributed by atoms with Crippen molar-refractivity contribution in [2.24, 2.45) is 0 Å². The highest BCUT2D eigenvalue weighted by atomic mass is 16.5. The maximum atomic E-state index is 5.99. The lowest BCUT2D eigenvalue weighted by Gasteiger charge is -2.36. The number of nitrogens with zero attached hydrogens (tertiary/aromatic N) is 1. The Hall–Kier alpha value is -3.02. The second-order valence-electron chi connectivity index (χ2n) is 7.61. The zero-order valence-corrected chi connectivity index (χ0v) is 18.2. The highest BCUT2D eigenvalue weighted by Gasteiger charge is 2.27. The van der Waals surface area contributed by atoms with Gasteiger partial charge in [0.25, 0.3) is 0 Å². The minimum Gasteiger partial charge on any atom is -0.493 e. The molecule has 0 aromatic heterocycles. The van der Waals surface area contributed by atoms with Gasteiger partial charge in [0, 0.05) is 31.7 Å². The summed E-state index contributed by atoms with van der Waals surface area (Å²) in [5, 5.41) is 3.45. The van der Waals surface area contributed by atoms with Crippen molar-refractivity contribution in [3.05, 3.63) is 89.5 Å². The van der Waals surface area contributed by atoms with Crippen molar-refractivity contribution in [2.75, 3.05) is 40.4 Å². The summed E-state index contributed by atoms with van der Waals surface area (Å²) in [4.78, 5) is 2.49. The Kier molecular flexibility index (Phi) is 7.07. The second-order valence-corrected chi connectivity index (χ2v) is 7.61. The van der Waals surface area contributed by atoms with Crippen LogP contribution in [0.3, 0.4) is 0 Å². The molecule has 5 nitrogen and oxygen atoms in total. The Bertz CT molecular complexity index is 954. The van der Waals surface area contributed by atoms with Gasteiger partial charge < -0.3 is 19.5 Å². The molecule has 1 heterocycles. The van der Waals surface area contributed by atoms with Crippen molar-refractivity contribution in [1.82, 2.24) is 10.2 Å². The van der Waals surface area contributed by atoms with E-state index >= 15 is 0 Å². The Morgan fingerprint density at radius 1 is 0.839 bits per heavy atom. The van der Waals surface area contributed by atoms with Crippen LogP contribution >= 0.6 is 0 Å². The van der Waals surface area contributed by atoms with E-state index in [0.29, 0.717) is 6.61 Å². The van der Waals surface area contributed by atoms with Gasteiger partial charge in [0.15, 0.2) is 11.5 Å². The van der Waals surface area contributed by atoms with Crippen molar-refractivity contribution in [1.29, 1.82) is 0 Å². The summed E-state index contributed by atoms with van der Waals surface area (Å²) in [6, 6.07) is 24.8. The first-order valence-electron chi connectivity index (χ1n) is 10.7. The summed E-state index contributed by atoms with van der Waals surface area (Å²) in [7, 11) is 3.39. The molecule has 1 aliphatic heterocycles. The minimum atomic E-state index is 0.0790. The maximum Gasteiger partial charge on any atom is 0.165 e. The Morgan fingerprint density at radius 2 is 1.58 bits per heavy atom. The third kappa shape index (κ3) is 5.01. The normalized spacial score (nSPS) is 15.3. The maximum absolute atomic E-state index is 5.99. The molecule has 4 rings (SSSR count). The van der Waals surface area contributed by atoms with Crippen molar-refractivity contribution < 1.29 is 14.2 Å². The molecule has 0 saturated carbocycles. The van der Waals surface area contributed by atoms with Gasteiger partial charge in [-0.1, -0.05) is 54.6 Å².